The average Bonchev–Trinajstić information content (AvgIpc) is 2.60. The standard InChI is InChI=1S/C20H28F4N4O3/c1-19(2,3)11-27(12-20(22,23)24)16(9-25)18(30)26-13-4-5-15(14(21)8-13)28-6-7-31-10-17(28)29/h4-5,8,16H,6-7,9-12,25H2,1-3H3,(H,26,30)/t16-/m1/s1. The van der Waals surface area contributed by atoms with Crippen LogP contribution in [0.5, 0.6) is 0 Å². The molecule has 0 aliphatic carbocycles. The molecule has 1 aliphatic heterocycles. The van der Waals surface area contributed by atoms with Crippen molar-refractivity contribution >= 4 is 23.2 Å². The molecule has 174 valence electrons. The first-order valence-corrected chi connectivity index (χ1v) is 9.80. The number of nitrogens with two attached hydrogens (primary N) is 1. The lowest BCUT2D eigenvalue weighted by Crippen LogP contribution is -2.54. The van der Waals surface area contributed by atoms with Crippen molar-refractivity contribution in [3.8, 4) is 0 Å². The predicted octanol–water partition coefficient (Wildman–Crippen LogP) is 2.37. The maximum absolute atomic E-state index is 14.6. The van der Waals surface area contributed by atoms with Gasteiger partial charge in [-0.25, -0.2) is 4.39 Å². The number of nitrogens with one attached hydrogen (secondary N) is 1. The third-order valence-corrected chi connectivity index (χ3v) is 4.52. The van der Waals surface area contributed by atoms with E-state index in [2.05, 4.69) is 5.32 Å². The van der Waals surface area contributed by atoms with Crippen LogP contribution < -0.4 is 16.0 Å². The molecule has 0 radical (unpaired) electrons. The molecule has 2 rings (SSSR count). The molecule has 0 unspecified atom stereocenters. The molecule has 1 aromatic carbocycles. The number of benzene rings is 1. The van der Waals surface area contributed by atoms with Gasteiger partial charge in [-0.3, -0.25) is 14.5 Å². The van der Waals surface area contributed by atoms with Crippen molar-refractivity contribution in [2.24, 2.45) is 11.1 Å². The molecule has 1 aromatic rings. The minimum atomic E-state index is -4.52. The smallest absolute Gasteiger partial charge is 0.370 e. The monoisotopic (exact) mass is 448 g/mol. The summed E-state index contributed by atoms with van der Waals surface area (Å²) in [5, 5.41) is 2.43. The van der Waals surface area contributed by atoms with E-state index in [1.165, 1.54) is 17.0 Å². The van der Waals surface area contributed by atoms with E-state index < -0.39 is 41.8 Å². The number of carbonyl (C=O) groups is 2. The quantitative estimate of drug-likeness (QED) is 0.626. The molecule has 0 saturated carbocycles. The Labute approximate surface area is 178 Å². The summed E-state index contributed by atoms with van der Waals surface area (Å²) < 4.78 is 58.8. The Kier molecular flexibility index (Phi) is 8.01. The molecule has 1 fully saturated rings. The first-order chi connectivity index (χ1) is 14.3. The van der Waals surface area contributed by atoms with Gasteiger partial charge in [-0.15, -0.1) is 0 Å². The zero-order valence-electron chi connectivity index (χ0n) is 17.8. The highest BCUT2D eigenvalue weighted by Gasteiger charge is 2.37. The zero-order chi connectivity index (χ0) is 23.4. The summed E-state index contributed by atoms with van der Waals surface area (Å²) in [5.41, 5.74) is 5.20. The van der Waals surface area contributed by atoms with Gasteiger partial charge in [0.25, 0.3) is 5.91 Å². The van der Waals surface area contributed by atoms with Gasteiger partial charge in [0.1, 0.15) is 18.5 Å². The van der Waals surface area contributed by atoms with Crippen molar-refractivity contribution in [2.75, 3.05) is 49.6 Å². The number of hydrogen-bond donors (Lipinski definition) is 2. The largest absolute Gasteiger partial charge is 0.401 e. The molecule has 7 nitrogen and oxygen atoms in total. The first kappa shape index (κ1) is 25.0. The summed E-state index contributed by atoms with van der Waals surface area (Å²) in [4.78, 5) is 26.8. The zero-order valence-corrected chi connectivity index (χ0v) is 17.8. The van der Waals surface area contributed by atoms with E-state index in [1.54, 1.807) is 20.8 Å². The van der Waals surface area contributed by atoms with Gasteiger partial charge >= 0.3 is 6.18 Å². The van der Waals surface area contributed by atoms with Crippen molar-refractivity contribution in [3.63, 3.8) is 0 Å². The highest BCUT2D eigenvalue weighted by atomic mass is 19.4. The highest BCUT2D eigenvalue weighted by molar-refractivity contribution is 5.97. The Bertz CT molecular complexity index is 780. The molecule has 0 bridgehead atoms. The molecular formula is C20H28F4N4O3. The fraction of sp³-hybridized carbons (Fsp3) is 0.600. The van der Waals surface area contributed by atoms with Crippen LogP contribution in [0.3, 0.4) is 0 Å². The summed E-state index contributed by atoms with van der Waals surface area (Å²) in [5.74, 6) is -1.92. The van der Waals surface area contributed by atoms with Crippen LogP contribution in [0.2, 0.25) is 0 Å². The van der Waals surface area contributed by atoms with Gasteiger partial charge in [0.15, 0.2) is 0 Å². The predicted molar refractivity (Wildman–Crippen MR) is 108 cm³/mol. The number of morpholine rings is 1. The molecule has 1 heterocycles. The lowest BCUT2D eigenvalue weighted by atomic mass is 9.95. The lowest BCUT2D eigenvalue weighted by Gasteiger charge is -2.35. The number of halogens is 4. The number of anilines is 2. The van der Waals surface area contributed by atoms with Crippen molar-refractivity contribution in [1.29, 1.82) is 0 Å². The molecule has 0 spiro atoms. The molecule has 1 aliphatic rings. The molecule has 11 heteroatoms. The van der Waals surface area contributed by atoms with E-state index in [1.807, 2.05) is 0 Å². The Balaban J connectivity index is 2.18. The van der Waals surface area contributed by atoms with E-state index in [0.29, 0.717) is 0 Å². The second-order valence-electron chi connectivity index (χ2n) is 8.59. The van der Waals surface area contributed by atoms with E-state index in [0.717, 1.165) is 11.0 Å². The summed E-state index contributed by atoms with van der Waals surface area (Å²) in [6, 6.07) is 2.46. The van der Waals surface area contributed by atoms with Crippen LogP contribution in [-0.2, 0) is 14.3 Å². The molecular weight excluding hydrogens is 420 g/mol. The Morgan fingerprint density at radius 1 is 1.29 bits per heavy atom. The van der Waals surface area contributed by atoms with Gasteiger partial charge in [-0.05, 0) is 23.6 Å². The third-order valence-electron chi connectivity index (χ3n) is 4.52. The van der Waals surface area contributed by atoms with E-state index in [4.69, 9.17) is 10.5 Å². The Hall–Kier alpha value is -2.24. The fourth-order valence-electron chi connectivity index (χ4n) is 3.34. The van der Waals surface area contributed by atoms with Gasteiger partial charge < -0.3 is 20.7 Å². The van der Waals surface area contributed by atoms with E-state index in [-0.39, 0.29) is 44.2 Å². The Morgan fingerprint density at radius 2 is 1.97 bits per heavy atom. The van der Waals surface area contributed by atoms with Gasteiger partial charge in [0, 0.05) is 25.3 Å². The van der Waals surface area contributed by atoms with Crippen LogP contribution in [0, 0.1) is 11.2 Å². The molecule has 3 N–H and O–H groups in total. The normalized spacial score (nSPS) is 16.5. The minimum absolute atomic E-state index is 0.0196. The summed E-state index contributed by atoms with van der Waals surface area (Å²) >= 11 is 0. The second kappa shape index (κ2) is 9.92. The number of amides is 2. The first-order valence-electron chi connectivity index (χ1n) is 9.80. The highest BCUT2D eigenvalue weighted by Crippen LogP contribution is 2.26. The number of carbonyl (C=O) groups excluding carboxylic acids is 2. The van der Waals surface area contributed by atoms with E-state index >= 15 is 0 Å². The maximum atomic E-state index is 14.6. The van der Waals surface area contributed by atoms with Gasteiger partial charge in [0.05, 0.1) is 18.8 Å². The van der Waals surface area contributed by atoms with Crippen molar-refractivity contribution in [1.82, 2.24) is 4.90 Å². The average molecular weight is 448 g/mol. The number of alkyl halides is 3. The van der Waals surface area contributed by atoms with E-state index in [9.17, 15) is 27.2 Å². The number of hydrogen-bond acceptors (Lipinski definition) is 5. The van der Waals surface area contributed by atoms with Gasteiger partial charge in [-0.2, -0.15) is 13.2 Å². The van der Waals surface area contributed by atoms with Gasteiger partial charge in [0.2, 0.25) is 5.91 Å². The van der Waals surface area contributed by atoms with Crippen molar-refractivity contribution in [3.05, 3.63) is 24.0 Å². The van der Waals surface area contributed by atoms with Crippen LogP contribution in [0.25, 0.3) is 0 Å². The number of nitrogens with zero attached hydrogens (tertiary/aromatic N) is 2. The van der Waals surface area contributed by atoms with Crippen LogP contribution in [-0.4, -0.2) is 68.3 Å². The maximum Gasteiger partial charge on any atom is 0.401 e. The minimum Gasteiger partial charge on any atom is -0.370 e. The topological polar surface area (TPSA) is 87.9 Å². The number of ether oxygens (including phenoxy) is 1. The molecule has 1 saturated heterocycles. The molecule has 2 amide bonds. The number of rotatable bonds is 7. The lowest BCUT2D eigenvalue weighted by molar-refractivity contribution is -0.156. The van der Waals surface area contributed by atoms with Crippen LogP contribution in [0.1, 0.15) is 20.8 Å². The molecule has 0 aromatic heterocycles. The Morgan fingerprint density at radius 3 is 2.48 bits per heavy atom. The second-order valence-corrected chi connectivity index (χ2v) is 8.59. The summed E-state index contributed by atoms with van der Waals surface area (Å²) in [6.45, 7) is 3.90. The SMILES string of the molecule is CC(C)(C)CN(CC(F)(F)F)[C@H](CN)C(=O)Nc1ccc(N2CCOCC2=O)c(F)c1. The van der Waals surface area contributed by atoms with Crippen LogP contribution >= 0.6 is 0 Å². The third kappa shape index (κ3) is 7.44. The summed E-state index contributed by atoms with van der Waals surface area (Å²) in [7, 11) is 0. The molecule has 1 atom stereocenters. The summed E-state index contributed by atoms with van der Waals surface area (Å²) in [6.07, 6.45) is -4.52. The van der Waals surface area contributed by atoms with Crippen molar-refractivity contribution < 1.29 is 31.9 Å². The molecule has 31 heavy (non-hydrogen) atoms. The van der Waals surface area contributed by atoms with Gasteiger partial charge in [-0.1, -0.05) is 20.8 Å². The van der Waals surface area contributed by atoms with Crippen LogP contribution in [0.4, 0.5) is 28.9 Å². The van der Waals surface area contributed by atoms with Crippen molar-refractivity contribution in [2.45, 2.75) is 33.0 Å². The van der Waals surface area contributed by atoms with Crippen LogP contribution in [0.15, 0.2) is 18.2 Å². The fourth-order valence-corrected chi connectivity index (χ4v) is 3.34.